The van der Waals surface area contributed by atoms with Gasteiger partial charge in [0.15, 0.2) is 4.34 Å². The van der Waals surface area contributed by atoms with Crippen molar-refractivity contribution in [2.75, 3.05) is 37.9 Å². The van der Waals surface area contributed by atoms with Gasteiger partial charge in [-0.15, -0.1) is 10.2 Å². The summed E-state index contributed by atoms with van der Waals surface area (Å²) < 4.78 is 11.3. The van der Waals surface area contributed by atoms with E-state index in [2.05, 4.69) is 20.8 Å². The summed E-state index contributed by atoms with van der Waals surface area (Å²) in [4.78, 5) is 11.7. The zero-order valence-electron chi connectivity index (χ0n) is 14.3. The minimum absolute atomic E-state index is 0.0208. The van der Waals surface area contributed by atoms with Crippen molar-refractivity contribution < 1.29 is 14.3 Å². The average Bonchev–Trinajstić information content (AvgIpc) is 3.06. The molecule has 0 radical (unpaired) electrons. The number of carbonyl (C=O) groups is 1. The Morgan fingerprint density at radius 1 is 1.32 bits per heavy atom. The first-order chi connectivity index (χ1) is 12.2. The number of para-hydroxylation sites is 2. The summed E-state index contributed by atoms with van der Waals surface area (Å²) in [6.07, 6.45) is 0.805. The van der Waals surface area contributed by atoms with Gasteiger partial charge in [0.25, 0.3) is 0 Å². The maximum Gasteiger partial charge on any atom is 0.230 e. The van der Waals surface area contributed by atoms with E-state index in [1.54, 1.807) is 7.11 Å². The lowest BCUT2D eigenvalue weighted by molar-refractivity contribution is -0.118. The third-order valence-corrected chi connectivity index (χ3v) is 4.98. The molecular formula is C16H22N4O3S2. The molecule has 1 amide bonds. The first kappa shape index (κ1) is 19.5. The molecule has 0 atom stereocenters. The van der Waals surface area contributed by atoms with Crippen LogP contribution in [0.3, 0.4) is 0 Å². The van der Waals surface area contributed by atoms with E-state index in [9.17, 15) is 4.79 Å². The van der Waals surface area contributed by atoms with E-state index in [1.165, 1.54) is 23.1 Å². The van der Waals surface area contributed by atoms with Crippen LogP contribution in [0.1, 0.15) is 13.3 Å². The van der Waals surface area contributed by atoms with Crippen LogP contribution in [0.4, 0.5) is 10.8 Å². The highest BCUT2D eigenvalue weighted by Gasteiger charge is 2.10. The van der Waals surface area contributed by atoms with Gasteiger partial charge < -0.3 is 20.1 Å². The lowest BCUT2D eigenvalue weighted by Crippen LogP contribution is -2.26. The molecule has 0 spiro atoms. The highest BCUT2D eigenvalue weighted by atomic mass is 32.2. The minimum atomic E-state index is -0.0208. The fourth-order valence-electron chi connectivity index (χ4n) is 1.91. The van der Waals surface area contributed by atoms with E-state index >= 15 is 0 Å². The zero-order valence-corrected chi connectivity index (χ0v) is 15.9. The molecule has 2 aromatic rings. The van der Waals surface area contributed by atoms with Crippen molar-refractivity contribution >= 4 is 39.8 Å². The molecule has 0 aliphatic carbocycles. The van der Waals surface area contributed by atoms with E-state index < -0.39 is 0 Å². The van der Waals surface area contributed by atoms with Crippen molar-refractivity contribution in [2.24, 2.45) is 0 Å². The van der Waals surface area contributed by atoms with Crippen LogP contribution < -0.4 is 15.4 Å². The van der Waals surface area contributed by atoms with Crippen molar-refractivity contribution in [3.05, 3.63) is 24.3 Å². The maximum absolute atomic E-state index is 11.7. The second-order valence-electron chi connectivity index (χ2n) is 4.91. The Morgan fingerprint density at radius 2 is 2.16 bits per heavy atom. The number of nitrogens with zero attached hydrogens (tertiary/aromatic N) is 2. The zero-order chi connectivity index (χ0) is 17.9. The van der Waals surface area contributed by atoms with Gasteiger partial charge in [-0.2, -0.15) is 0 Å². The Morgan fingerprint density at radius 3 is 2.96 bits per heavy atom. The summed E-state index contributed by atoms with van der Waals surface area (Å²) in [6.45, 7) is 3.79. The Bertz CT molecular complexity index is 666. The number of rotatable bonds is 11. The highest BCUT2D eigenvalue weighted by Crippen LogP contribution is 2.31. The van der Waals surface area contributed by atoms with Crippen molar-refractivity contribution in [3.63, 3.8) is 0 Å². The van der Waals surface area contributed by atoms with Gasteiger partial charge in [0, 0.05) is 20.3 Å². The number of carbonyl (C=O) groups excluding carboxylic acids is 1. The Balaban J connectivity index is 1.81. The molecule has 0 saturated carbocycles. The van der Waals surface area contributed by atoms with Gasteiger partial charge >= 0.3 is 0 Å². The predicted molar refractivity (Wildman–Crippen MR) is 101 cm³/mol. The number of hydrogen-bond donors (Lipinski definition) is 2. The molecule has 25 heavy (non-hydrogen) atoms. The molecule has 0 unspecified atom stereocenters. The Kier molecular flexibility index (Phi) is 8.50. The molecule has 0 aliphatic heterocycles. The summed E-state index contributed by atoms with van der Waals surface area (Å²) in [5.74, 6) is 1.06. The number of methoxy groups -OCH3 is 1. The van der Waals surface area contributed by atoms with Gasteiger partial charge in [0.05, 0.1) is 18.0 Å². The largest absolute Gasteiger partial charge is 0.492 e. The van der Waals surface area contributed by atoms with Crippen molar-refractivity contribution in [1.82, 2.24) is 15.5 Å². The smallest absolute Gasteiger partial charge is 0.230 e. The number of aromatic nitrogens is 2. The highest BCUT2D eigenvalue weighted by molar-refractivity contribution is 8.01. The molecule has 136 valence electrons. The summed E-state index contributed by atoms with van der Waals surface area (Å²) in [5.41, 5.74) is 0.841. The number of amides is 1. The monoisotopic (exact) mass is 382 g/mol. The number of thioether (sulfide) groups is 1. The van der Waals surface area contributed by atoms with Crippen LogP contribution in [0.25, 0.3) is 0 Å². The molecule has 1 heterocycles. The van der Waals surface area contributed by atoms with E-state index in [0.29, 0.717) is 30.6 Å². The molecular weight excluding hydrogens is 360 g/mol. The summed E-state index contributed by atoms with van der Waals surface area (Å²) in [7, 11) is 1.64. The van der Waals surface area contributed by atoms with Gasteiger partial charge in [0.1, 0.15) is 5.75 Å². The van der Waals surface area contributed by atoms with Gasteiger partial charge in [0.2, 0.25) is 11.0 Å². The number of ether oxygens (including phenoxy) is 2. The van der Waals surface area contributed by atoms with Gasteiger partial charge in [-0.1, -0.05) is 35.2 Å². The van der Waals surface area contributed by atoms with E-state index in [4.69, 9.17) is 9.47 Å². The number of nitrogens with one attached hydrogen (secondary N) is 2. The first-order valence-electron chi connectivity index (χ1n) is 7.93. The fourth-order valence-corrected chi connectivity index (χ4v) is 3.50. The summed E-state index contributed by atoms with van der Waals surface area (Å²) in [5, 5.41) is 14.9. The average molecular weight is 383 g/mol. The van der Waals surface area contributed by atoms with Crippen LogP contribution >= 0.6 is 23.1 Å². The van der Waals surface area contributed by atoms with Gasteiger partial charge in [-0.25, -0.2) is 0 Å². The second-order valence-corrected chi connectivity index (χ2v) is 7.11. The topological polar surface area (TPSA) is 85.4 Å². The van der Waals surface area contributed by atoms with E-state index in [-0.39, 0.29) is 5.91 Å². The molecule has 2 N–H and O–H groups in total. The fraction of sp³-hybridized carbons (Fsp3) is 0.438. The van der Waals surface area contributed by atoms with Crippen molar-refractivity contribution in [2.45, 2.75) is 17.7 Å². The number of benzene rings is 1. The number of hydrogen-bond acceptors (Lipinski definition) is 8. The molecule has 0 saturated heterocycles. The van der Waals surface area contributed by atoms with Crippen LogP contribution in [0, 0.1) is 0 Å². The quantitative estimate of drug-likeness (QED) is 0.456. The van der Waals surface area contributed by atoms with Crippen LogP contribution in [0.15, 0.2) is 28.6 Å². The maximum atomic E-state index is 11.7. The molecule has 1 aromatic heterocycles. The van der Waals surface area contributed by atoms with Crippen molar-refractivity contribution in [3.8, 4) is 5.75 Å². The molecule has 2 rings (SSSR count). The van der Waals surface area contributed by atoms with Crippen LogP contribution in [0.2, 0.25) is 0 Å². The van der Waals surface area contributed by atoms with Crippen LogP contribution in [-0.2, 0) is 9.53 Å². The molecule has 0 aliphatic rings. The van der Waals surface area contributed by atoms with E-state index in [0.717, 1.165) is 22.2 Å². The summed E-state index contributed by atoms with van der Waals surface area (Å²) in [6, 6.07) is 7.67. The first-order valence-corrected chi connectivity index (χ1v) is 9.74. The van der Waals surface area contributed by atoms with E-state index in [1.807, 2.05) is 31.2 Å². The lowest BCUT2D eigenvalue weighted by Gasteiger charge is -2.09. The lowest BCUT2D eigenvalue weighted by atomic mass is 10.3. The molecule has 0 fully saturated rings. The third kappa shape index (κ3) is 6.89. The molecule has 0 bridgehead atoms. The number of anilines is 2. The van der Waals surface area contributed by atoms with Crippen molar-refractivity contribution in [1.29, 1.82) is 0 Å². The van der Waals surface area contributed by atoms with Crippen LogP contribution in [0.5, 0.6) is 5.75 Å². The molecule has 7 nitrogen and oxygen atoms in total. The summed E-state index contributed by atoms with van der Waals surface area (Å²) >= 11 is 2.77. The normalized spacial score (nSPS) is 10.5. The Labute approximate surface area is 155 Å². The molecule has 9 heteroatoms. The minimum Gasteiger partial charge on any atom is -0.492 e. The standard InChI is InChI=1S/C16H22N4O3S2/c1-3-23-13-8-5-4-7-12(13)18-15-19-20-16(25-15)24-11-14(21)17-9-6-10-22-2/h4-5,7-8H,3,6,9-11H2,1-2H3,(H,17,21)(H,18,19). The molecule has 1 aromatic carbocycles. The van der Waals surface area contributed by atoms with Crippen LogP contribution in [-0.4, -0.2) is 48.7 Å². The Hall–Kier alpha value is -1.84. The third-order valence-electron chi connectivity index (χ3n) is 3.01. The van der Waals surface area contributed by atoms with Gasteiger partial charge in [-0.05, 0) is 25.5 Å². The second kappa shape index (κ2) is 10.9. The SMILES string of the molecule is CCOc1ccccc1Nc1nnc(SCC(=O)NCCCOC)s1. The predicted octanol–water partition coefficient (Wildman–Crippen LogP) is 2.93. The van der Waals surface area contributed by atoms with Gasteiger partial charge in [-0.3, -0.25) is 4.79 Å².